The molecule has 2 rings (SSSR count). The lowest BCUT2D eigenvalue weighted by atomic mass is 10.1. The molecular formula is C23H28O7. The van der Waals surface area contributed by atoms with Gasteiger partial charge in [-0.3, -0.25) is 0 Å². The molecule has 0 heterocycles. The highest BCUT2D eigenvalue weighted by molar-refractivity contribution is 5.87. The molecule has 7 heteroatoms. The topological polar surface area (TPSA) is 94.5 Å². The Balaban J connectivity index is 1.95. The number of ether oxygens (including phenoxy) is 4. The molecule has 0 unspecified atom stereocenters. The Kier molecular flexibility index (Phi) is 7.58. The van der Waals surface area contributed by atoms with Crippen molar-refractivity contribution in [2.24, 2.45) is 0 Å². The van der Waals surface area contributed by atoms with Crippen LogP contribution >= 0.6 is 0 Å². The molecule has 30 heavy (non-hydrogen) atoms. The fraction of sp³-hybridized carbons (Fsp3) is 0.348. The number of hydrogen-bond acceptors (Lipinski definition) is 7. The van der Waals surface area contributed by atoms with Crippen molar-refractivity contribution >= 4 is 12.0 Å². The lowest BCUT2D eigenvalue weighted by Crippen LogP contribution is -2.23. The Hall–Kier alpha value is -3.35. The van der Waals surface area contributed by atoms with Gasteiger partial charge in [-0.05, 0) is 62.2 Å². The molecule has 7 nitrogen and oxygen atoms in total. The monoisotopic (exact) mass is 416 g/mol. The van der Waals surface area contributed by atoms with Crippen LogP contribution in [-0.2, 0) is 16.0 Å². The van der Waals surface area contributed by atoms with E-state index in [1.54, 1.807) is 36.4 Å². The van der Waals surface area contributed by atoms with Crippen LogP contribution in [-0.4, -0.2) is 42.6 Å². The minimum absolute atomic E-state index is 0.0633. The molecule has 0 amide bonds. The lowest BCUT2D eigenvalue weighted by Gasteiger charge is -2.22. The van der Waals surface area contributed by atoms with Gasteiger partial charge in [-0.2, -0.15) is 0 Å². The Morgan fingerprint density at radius 3 is 2.20 bits per heavy atom. The van der Waals surface area contributed by atoms with Crippen LogP contribution in [0.3, 0.4) is 0 Å². The molecule has 2 aromatic carbocycles. The second kappa shape index (κ2) is 9.91. The number of benzene rings is 2. The second-order valence-electron chi connectivity index (χ2n) is 7.54. The van der Waals surface area contributed by atoms with Gasteiger partial charge < -0.3 is 29.2 Å². The maximum atomic E-state index is 12.0. The van der Waals surface area contributed by atoms with Gasteiger partial charge in [0, 0.05) is 12.5 Å². The zero-order valence-electron chi connectivity index (χ0n) is 17.9. The van der Waals surface area contributed by atoms with Crippen molar-refractivity contribution < 1.29 is 34.0 Å². The molecule has 0 aliphatic heterocycles. The number of phenols is 2. The number of methoxy groups -OCH3 is 2. The van der Waals surface area contributed by atoms with Crippen molar-refractivity contribution in [3.05, 3.63) is 47.5 Å². The average molecular weight is 416 g/mol. The standard InChI is InChI=1S/C23H28O7/c1-23(2,3)30-18-12-15(6-8-17(18)24)10-11-29-21(25)9-7-16-13-19(27-4)22(26)20(14-16)28-5/h6-9,12-14,24,26H,10-11H2,1-5H3/b9-7+. The third-order valence-electron chi connectivity index (χ3n) is 3.99. The SMILES string of the molecule is COc1cc(/C=C/C(=O)OCCc2ccc(O)c(OC(C)(C)C)c2)cc(OC)c1O. The molecule has 0 atom stereocenters. The summed E-state index contributed by atoms with van der Waals surface area (Å²) in [4.78, 5) is 12.0. The molecule has 162 valence electrons. The average Bonchev–Trinajstić information content (AvgIpc) is 2.68. The molecule has 2 aromatic rings. The molecule has 0 radical (unpaired) electrons. The highest BCUT2D eigenvalue weighted by Gasteiger charge is 2.15. The zero-order chi connectivity index (χ0) is 22.3. The number of aromatic hydroxyl groups is 2. The Bertz CT molecular complexity index is 885. The summed E-state index contributed by atoms with van der Waals surface area (Å²) in [5.74, 6) is 0.315. The molecular weight excluding hydrogens is 388 g/mol. The number of carbonyl (C=O) groups is 1. The van der Waals surface area contributed by atoms with Crippen molar-refractivity contribution in [2.45, 2.75) is 32.8 Å². The van der Waals surface area contributed by atoms with Crippen LogP contribution < -0.4 is 14.2 Å². The van der Waals surface area contributed by atoms with Crippen molar-refractivity contribution in [2.75, 3.05) is 20.8 Å². The number of hydrogen-bond donors (Lipinski definition) is 2. The molecule has 0 saturated heterocycles. The summed E-state index contributed by atoms with van der Waals surface area (Å²) in [7, 11) is 2.86. The molecule has 0 aliphatic rings. The molecule has 0 aromatic heterocycles. The van der Waals surface area contributed by atoms with Crippen molar-refractivity contribution in [3.63, 3.8) is 0 Å². The van der Waals surface area contributed by atoms with Gasteiger partial charge in [-0.1, -0.05) is 6.07 Å². The fourth-order valence-corrected chi connectivity index (χ4v) is 2.62. The third-order valence-corrected chi connectivity index (χ3v) is 3.99. The van der Waals surface area contributed by atoms with Crippen LogP contribution in [0.4, 0.5) is 0 Å². The molecule has 0 aliphatic carbocycles. The fourth-order valence-electron chi connectivity index (χ4n) is 2.62. The van der Waals surface area contributed by atoms with Crippen LogP contribution in [0.2, 0.25) is 0 Å². The zero-order valence-corrected chi connectivity index (χ0v) is 17.9. The summed E-state index contributed by atoms with van der Waals surface area (Å²) < 4.78 is 21.1. The first-order valence-corrected chi connectivity index (χ1v) is 9.43. The Morgan fingerprint density at radius 2 is 1.63 bits per heavy atom. The highest BCUT2D eigenvalue weighted by Crippen LogP contribution is 2.37. The minimum atomic E-state index is -0.508. The molecule has 2 N–H and O–H groups in total. The van der Waals surface area contributed by atoms with Crippen molar-refractivity contribution in [3.8, 4) is 28.7 Å². The first kappa shape index (κ1) is 22.9. The van der Waals surface area contributed by atoms with Crippen molar-refractivity contribution in [1.29, 1.82) is 0 Å². The van der Waals surface area contributed by atoms with Gasteiger partial charge in [0.15, 0.2) is 23.0 Å². The van der Waals surface area contributed by atoms with Crippen LogP contribution in [0.15, 0.2) is 36.4 Å². The van der Waals surface area contributed by atoms with E-state index in [9.17, 15) is 15.0 Å². The summed E-state index contributed by atoms with van der Waals surface area (Å²) in [5, 5.41) is 19.9. The van der Waals surface area contributed by atoms with E-state index in [0.29, 0.717) is 17.7 Å². The molecule has 0 saturated carbocycles. The van der Waals surface area contributed by atoms with Crippen molar-refractivity contribution in [1.82, 2.24) is 0 Å². The van der Waals surface area contributed by atoms with Crippen LogP contribution in [0.5, 0.6) is 28.7 Å². The second-order valence-corrected chi connectivity index (χ2v) is 7.54. The summed E-state index contributed by atoms with van der Waals surface area (Å²) in [6.45, 7) is 5.86. The number of carbonyl (C=O) groups excluding carboxylic acids is 1. The van der Waals surface area contributed by atoms with E-state index in [1.165, 1.54) is 20.3 Å². The van der Waals surface area contributed by atoms with Crippen LogP contribution in [0, 0.1) is 0 Å². The predicted octanol–water partition coefficient (Wildman–Crippen LogP) is 4.09. The van der Waals surface area contributed by atoms with Crippen LogP contribution in [0.1, 0.15) is 31.9 Å². The maximum absolute atomic E-state index is 12.0. The summed E-state index contributed by atoms with van der Waals surface area (Å²) >= 11 is 0. The quantitative estimate of drug-likeness (QED) is 0.494. The van der Waals surface area contributed by atoms with E-state index < -0.39 is 11.6 Å². The lowest BCUT2D eigenvalue weighted by molar-refractivity contribution is -0.137. The molecule has 0 fully saturated rings. The summed E-state index contributed by atoms with van der Waals surface area (Å²) in [5.41, 5.74) is 1.05. The van der Waals surface area contributed by atoms with E-state index in [0.717, 1.165) is 5.56 Å². The van der Waals surface area contributed by atoms with E-state index in [-0.39, 0.29) is 29.6 Å². The van der Waals surface area contributed by atoms with Gasteiger partial charge >= 0.3 is 5.97 Å². The van der Waals surface area contributed by atoms with E-state index in [2.05, 4.69) is 0 Å². The van der Waals surface area contributed by atoms with E-state index in [1.807, 2.05) is 20.8 Å². The highest BCUT2D eigenvalue weighted by atomic mass is 16.5. The summed E-state index contributed by atoms with van der Waals surface area (Å²) in [6.07, 6.45) is 3.31. The Labute approximate surface area is 176 Å². The number of phenolic OH excluding ortho intramolecular Hbond substituents is 2. The van der Waals surface area contributed by atoms with Gasteiger partial charge in [0.05, 0.1) is 20.8 Å². The third kappa shape index (κ3) is 6.62. The van der Waals surface area contributed by atoms with E-state index in [4.69, 9.17) is 18.9 Å². The minimum Gasteiger partial charge on any atom is -0.504 e. The van der Waals surface area contributed by atoms with E-state index >= 15 is 0 Å². The van der Waals surface area contributed by atoms with Gasteiger partial charge in [-0.15, -0.1) is 0 Å². The maximum Gasteiger partial charge on any atom is 0.330 e. The normalized spacial score (nSPS) is 11.4. The first-order chi connectivity index (χ1) is 14.1. The Morgan fingerprint density at radius 1 is 1.00 bits per heavy atom. The molecule has 0 bridgehead atoms. The van der Waals surface area contributed by atoms with Gasteiger partial charge in [0.1, 0.15) is 5.60 Å². The van der Waals surface area contributed by atoms with Gasteiger partial charge in [0.2, 0.25) is 5.75 Å². The largest absolute Gasteiger partial charge is 0.504 e. The number of esters is 1. The summed E-state index contributed by atoms with van der Waals surface area (Å²) in [6, 6.07) is 8.20. The van der Waals surface area contributed by atoms with Gasteiger partial charge in [-0.25, -0.2) is 4.79 Å². The predicted molar refractivity (Wildman–Crippen MR) is 113 cm³/mol. The first-order valence-electron chi connectivity index (χ1n) is 9.43. The molecule has 0 spiro atoms. The smallest absolute Gasteiger partial charge is 0.330 e. The van der Waals surface area contributed by atoms with Gasteiger partial charge in [0.25, 0.3) is 0 Å². The number of rotatable bonds is 8. The van der Waals surface area contributed by atoms with Crippen LogP contribution in [0.25, 0.3) is 6.08 Å².